The van der Waals surface area contributed by atoms with Crippen LogP contribution in [-0.4, -0.2) is 65.7 Å². The molecular formula is C42H79O10P. The molecule has 0 amide bonds. The van der Waals surface area contributed by atoms with Crippen LogP contribution in [0.25, 0.3) is 0 Å². The van der Waals surface area contributed by atoms with Crippen molar-refractivity contribution in [1.82, 2.24) is 0 Å². The number of phosphoric ester groups is 1. The first-order chi connectivity index (χ1) is 25.7. The number of hydrogen-bond donors (Lipinski definition) is 3. The van der Waals surface area contributed by atoms with Gasteiger partial charge in [0.15, 0.2) is 6.10 Å². The van der Waals surface area contributed by atoms with E-state index in [4.69, 9.17) is 19.1 Å². The van der Waals surface area contributed by atoms with Gasteiger partial charge in [-0.3, -0.25) is 18.6 Å². The van der Waals surface area contributed by atoms with Crippen LogP contribution in [0.3, 0.4) is 0 Å². The zero-order valence-corrected chi connectivity index (χ0v) is 34.5. The van der Waals surface area contributed by atoms with Gasteiger partial charge in [0.05, 0.1) is 19.8 Å². The van der Waals surface area contributed by atoms with Gasteiger partial charge in [0.1, 0.15) is 12.7 Å². The summed E-state index contributed by atoms with van der Waals surface area (Å²) < 4.78 is 32.7. The molecule has 0 saturated heterocycles. The van der Waals surface area contributed by atoms with Gasteiger partial charge in [0.2, 0.25) is 0 Å². The molecule has 53 heavy (non-hydrogen) atoms. The first kappa shape index (κ1) is 51.5. The zero-order valence-electron chi connectivity index (χ0n) is 33.6. The van der Waals surface area contributed by atoms with Gasteiger partial charge in [-0.2, -0.15) is 0 Å². The Morgan fingerprint density at radius 3 is 1.49 bits per heavy atom. The SMILES string of the molecule is C=CCCCCCCCCCCCCCCCC(=O)O[C@H](COC(=O)CCCCCCCCC/C=C/CCCCCC)COP(=O)(O)OC[C@@H](O)CO. The van der Waals surface area contributed by atoms with Gasteiger partial charge < -0.3 is 24.6 Å². The fourth-order valence-electron chi connectivity index (χ4n) is 5.91. The molecule has 3 atom stereocenters. The van der Waals surface area contributed by atoms with Gasteiger partial charge in [-0.05, 0) is 51.4 Å². The van der Waals surface area contributed by atoms with Crippen LogP contribution in [-0.2, 0) is 32.7 Å². The van der Waals surface area contributed by atoms with Crippen molar-refractivity contribution >= 4 is 19.8 Å². The van der Waals surface area contributed by atoms with Crippen LogP contribution in [0.15, 0.2) is 24.8 Å². The largest absolute Gasteiger partial charge is 0.472 e. The Hall–Kier alpha value is -1.55. The number of ether oxygens (including phenoxy) is 2. The maximum Gasteiger partial charge on any atom is 0.472 e. The van der Waals surface area contributed by atoms with Crippen LogP contribution in [0.4, 0.5) is 0 Å². The third kappa shape index (κ3) is 38.5. The number of carbonyl (C=O) groups excluding carboxylic acids is 2. The fourth-order valence-corrected chi connectivity index (χ4v) is 6.70. The maximum absolute atomic E-state index is 12.6. The molecule has 0 saturated carbocycles. The molecule has 0 bridgehead atoms. The monoisotopic (exact) mass is 775 g/mol. The van der Waals surface area contributed by atoms with Crippen LogP contribution >= 0.6 is 7.82 Å². The summed E-state index contributed by atoms with van der Waals surface area (Å²) >= 11 is 0. The lowest BCUT2D eigenvalue weighted by molar-refractivity contribution is -0.161. The van der Waals surface area contributed by atoms with E-state index in [9.17, 15) is 24.2 Å². The van der Waals surface area contributed by atoms with Crippen LogP contribution in [0.2, 0.25) is 0 Å². The van der Waals surface area contributed by atoms with Crippen LogP contribution in [0.1, 0.15) is 193 Å². The molecule has 0 aromatic rings. The average Bonchev–Trinajstić information content (AvgIpc) is 3.14. The number of hydrogen-bond acceptors (Lipinski definition) is 9. The topological polar surface area (TPSA) is 149 Å². The Labute approximate surface area is 323 Å². The molecule has 1 unspecified atom stereocenters. The molecule has 11 heteroatoms. The molecule has 0 aromatic heterocycles. The minimum Gasteiger partial charge on any atom is -0.462 e. The molecule has 3 N–H and O–H groups in total. The number of rotatable bonds is 41. The van der Waals surface area contributed by atoms with Crippen molar-refractivity contribution in [2.24, 2.45) is 0 Å². The molecule has 10 nitrogen and oxygen atoms in total. The molecule has 0 radical (unpaired) electrons. The first-order valence-corrected chi connectivity index (χ1v) is 22.7. The summed E-state index contributed by atoms with van der Waals surface area (Å²) in [5, 5.41) is 18.3. The van der Waals surface area contributed by atoms with E-state index in [2.05, 4.69) is 30.2 Å². The molecule has 0 heterocycles. The smallest absolute Gasteiger partial charge is 0.462 e. The molecule has 0 fully saturated rings. The Morgan fingerprint density at radius 2 is 1.02 bits per heavy atom. The van der Waals surface area contributed by atoms with Gasteiger partial charge in [-0.1, -0.05) is 147 Å². The third-order valence-electron chi connectivity index (χ3n) is 9.22. The Morgan fingerprint density at radius 1 is 0.604 bits per heavy atom. The maximum atomic E-state index is 12.6. The lowest BCUT2D eigenvalue weighted by Gasteiger charge is -2.20. The van der Waals surface area contributed by atoms with Crippen LogP contribution in [0.5, 0.6) is 0 Å². The second kappa shape index (κ2) is 38.7. The van der Waals surface area contributed by atoms with E-state index < -0.39 is 51.8 Å². The van der Waals surface area contributed by atoms with Gasteiger partial charge >= 0.3 is 19.8 Å². The van der Waals surface area contributed by atoms with E-state index in [1.165, 1.54) is 109 Å². The van der Waals surface area contributed by atoms with Crippen LogP contribution < -0.4 is 0 Å². The molecule has 0 rings (SSSR count). The molecule has 312 valence electrons. The van der Waals surface area contributed by atoms with Crippen molar-refractivity contribution in [2.75, 3.05) is 26.4 Å². The van der Waals surface area contributed by atoms with E-state index >= 15 is 0 Å². The Balaban J connectivity index is 4.28. The van der Waals surface area contributed by atoms with Crippen molar-refractivity contribution in [3.8, 4) is 0 Å². The second-order valence-electron chi connectivity index (χ2n) is 14.4. The van der Waals surface area contributed by atoms with Gasteiger partial charge in [-0.25, -0.2) is 4.57 Å². The van der Waals surface area contributed by atoms with Crippen molar-refractivity contribution in [2.45, 2.75) is 205 Å². The number of unbranched alkanes of at least 4 members (excludes halogenated alkanes) is 24. The Kier molecular flexibility index (Phi) is 37.6. The fraction of sp³-hybridized carbons (Fsp3) is 0.857. The van der Waals surface area contributed by atoms with Gasteiger partial charge in [0, 0.05) is 12.8 Å². The number of aliphatic hydroxyl groups excluding tert-OH is 2. The number of phosphoric acid groups is 1. The van der Waals surface area contributed by atoms with E-state index in [1.54, 1.807) is 0 Å². The van der Waals surface area contributed by atoms with Gasteiger partial charge in [-0.15, -0.1) is 6.58 Å². The minimum atomic E-state index is -4.61. The third-order valence-corrected chi connectivity index (χ3v) is 10.2. The summed E-state index contributed by atoms with van der Waals surface area (Å²) in [7, 11) is -4.61. The normalized spacial score (nSPS) is 13.9. The van der Waals surface area contributed by atoms with Gasteiger partial charge in [0.25, 0.3) is 0 Å². The lowest BCUT2D eigenvalue weighted by Crippen LogP contribution is -2.29. The van der Waals surface area contributed by atoms with Crippen molar-refractivity contribution in [3.05, 3.63) is 24.8 Å². The van der Waals surface area contributed by atoms with E-state index in [-0.39, 0.29) is 19.4 Å². The molecule has 0 aromatic carbocycles. The predicted octanol–water partition coefficient (Wildman–Crippen LogP) is 11.0. The molecule has 0 aliphatic carbocycles. The molecule has 0 spiro atoms. The highest BCUT2D eigenvalue weighted by atomic mass is 31.2. The summed E-state index contributed by atoms with van der Waals surface area (Å²) in [6.07, 6.45) is 36.0. The summed E-state index contributed by atoms with van der Waals surface area (Å²) in [5.41, 5.74) is 0. The Bertz CT molecular complexity index is 928. The molecule has 0 aliphatic rings. The highest BCUT2D eigenvalue weighted by Gasteiger charge is 2.27. The highest BCUT2D eigenvalue weighted by molar-refractivity contribution is 7.47. The number of allylic oxidation sites excluding steroid dienone is 3. The van der Waals surface area contributed by atoms with Crippen molar-refractivity contribution in [3.63, 3.8) is 0 Å². The molecule has 0 aliphatic heterocycles. The number of carbonyl (C=O) groups is 2. The standard InChI is InChI=1S/C42H79O10P/c1-3-5-7-9-11-13-15-17-19-21-23-25-27-29-31-33-41(45)49-37-40(38-51-53(47,48)50-36-39(44)35-43)52-42(46)34-32-30-28-26-24-22-20-18-16-14-12-10-8-6-4-2/h4,13,15,39-40,43-44H,2-3,5-12,14,16-38H2,1H3,(H,47,48)/b15-13+/t39-,40+/m0/s1. The highest BCUT2D eigenvalue weighted by Crippen LogP contribution is 2.43. The summed E-state index contributed by atoms with van der Waals surface area (Å²) in [5.74, 6) is -0.928. The van der Waals surface area contributed by atoms with E-state index in [1.807, 2.05) is 6.08 Å². The van der Waals surface area contributed by atoms with E-state index in [0.717, 1.165) is 51.4 Å². The average molecular weight is 775 g/mol. The first-order valence-electron chi connectivity index (χ1n) is 21.3. The summed E-state index contributed by atoms with van der Waals surface area (Å²) in [6.45, 7) is 3.89. The second-order valence-corrected chi connectivity index (χ2v) is 15.9. The van der Waals surface area contributed by atoms with E-state index in [0.29, 0.717) is 12.8 Å². The quantitative estimate of drug-likeness (QED) is 0.0237. The minimum absolute atomic E-state index is 0.184. The van der Waals surface area contributed by atoms with Crippen molar-refractivity contribution < 1.29 is 47.8 Å². The summed E-state index contributed by atoms with van der Waals surface area (Å²) in [6, 6.07) is 0. The molecular weight excluding hydrogens is 695 g/mol. The van der Waals surface area contributed by atoms with Crippen LogP contribution in [0, 0.1) is 0 Å². The zero-order chi connectivity index (χ0) is 39.1. The van der Waals surface area contributed by atoms with Crippen molar-refractivity contribution in [1.29, 1.82) is 0 Å². The number of esters is 2. The number of aliphatic hydroxyl groups is 2. The summed E-state index contributed by atoms with van der Waals surface area (Å²) in [4.78, 5) is 34.9. The predicted molar refractivity (Wildman–Crippen MR) is 215 cm³/mol. The lowest BCUT2D eigenvalue weighted by atomic mass is 10.0.